The van der Waals surface area contributed by atoms with Gasteiger partial charge in [0.05, 0.1) is 12.5 Å². The molecule has 0 fully saturated rings. The van der Waals surface area contributed by atoms with Gasteiger partial charge >= 0.3 is 0 Å². The van der Waals surface area contributed by atoms with Crippen LogP contribution in [0.5, 0.6) is 0 Å². The van der Waals surface area contributed by atoms with Crippen molar-refractivity contribution in [1.29, 1.82) is 5.26 Å². The van der Waals surface area contributed by atoms with Gasteiger partial charge in [-0.25, -0.2) is 4.68 Å². The Morgan fingerprint density at radius 1 is 1.53 bits per heavy atom. The molecule has 0 aliphatic rings. The molecule has 1 aromatic heterocycles. The summed E-state index contributed by atoms with van der Waals surface area (Å²) < 4.78 is 1.62. The molecule has 1 aromatic rings. The lowest BCUT2D eigenvalue weighted by atomic mass is 10.2. The van der Waals surface area contributed by atoms with Crippen LogP contribution in [0.15, 0.2) is 0 Å². The highest BCUT2D eigenvalue weighted by Gasteiger charge is 2.13. The highest BCUT2D eigenvalue weighted by molar-refractivity contribution is 5.27. The maximum absolute atomic E-state index is 8.58. The molecule has 0 amide bonds. The quantitative estimate of drug-likeness (QED) is 0.708. The molecule has 0 saturated heterocycles. The van der Waals surface area contributed by atoms with E-state index in [9.17, 15) is 0 Å². The van der Waals surface area contributed by atoms with E-state index < -0.39 is 0 Å². The summed E-state index contributed by atoms with van der Waals surface area (Å²) in [7, 11) is 1.80. The van der Waals surface area contributed by atoms with Crippen LogP contribution in [-0.4, -0.2) is 33.3 Å². The van der Waals surface area contributed by atoms with Gasteiger partial charge in [-0.15, -0.1) is 0 Å². The van der Waals surface area contributed by atoms with Gasteiger partial charge in [0.2, 0.25) is 5.95 Å². The molecule has 0 bridgehead atoms. The van der Waals surface area contributed by atoms with E-state index in [0.717, 1.165) is 12.5 Å². The summed E-state index contributed by atoms with van der Waals surface area (Å²) in [6.45, 7) is 5.78. The van der Waals surface area contributed by atoms with Gasteiger partial charge in [0.15, 0.2) is 0 Å². The summed E-state index contributed by atoms with van der Waals surface area (Å²) in [6, 6.07) is 2.13. The highest BCUT2D eigenvalue weighted by atomic mass is 15.6. The molecular formula is C9H16N6. The topological polar surface area (TPSA) is 70.6 Å². The minimum absolute atomic E-state index is 0.486. The van der Waals surface area contributed by atoms with Crippen molar-refractivity contribution in [2.45, 2.75) is 20.3 Å². The summed E-state index contributed by atoms with van der Waals surface area (Å²) in [5, 5.41) is 19.9. The Kier molecular flexibility index (Phi) is 4.03. The van der Waals surface area contributed by atoms with Crippen molar-refractivity contribution in [1.82, 2.24) is 20.2 Å². The average Bonchev–Trinajstić information content (AvgIpc) is 2.58. The van der Waals surface area contributed by atoms with E-state index >= 15 is 0 Å². The SMILES string of the molecule is CC(C)CN(CCC#N)c1nnnn1C. The van der Waals surface area contributed by atoms with Gasteiger partial charge in [0, 0.05) is 20.1 Å². The maximum atomic E-state index is 8.58. The predicted molar refractivity (Wildman–Crippen MR) is 56.1 cm³/mol. The van der Waals surface area contributed by atoms with Crippen LogP contribution in [0, 0.1) is 17.2 Å². The third-order valence-corrected chi connectivity index (χ3v) is 1.96. The van der Waals surface area contributed by atoms with Crippen LogP contribution < -0.4 is 4.90 Å². The Morgan fingerprint density at radius 2 is 2.27 bits per heavy atom. The molecule has 1 rings (SSSR count). The second-order valence-electron chi connectivity index (χ2n) is 3.85. The van der Waals surface area contributed by atoms with E-state index in [1.165, 1.54) is 0 Å². The number of aromatic nitrogens is 4. The average molecular weight is 208 g/mol. The number of rotatable bonds is 5. The van der Waals surface area contributed by atoms with Crippen molar-refractivity contribution in [3.05, 3.63) is 0 Å². The van der Waals surface area contributed by atoms with Crippen LogP contribution in [0.2, 0.25) is 0 Å². The molecule has 0 radical (unpaired) electrons. The monoisotopic (exact) mass is 208 g/mol. The molecule has 0 aliphatic heterocycles. The molecule has 0 saturated carbocycles. The summed E-state index contributed by atoms with van der Waals surface area (Å²) in [5.74, 6) is 1.24. The van der Waals surface area contributed by atoms with Gasteiger partial charge < -0.3 is 4.90 Å². The van der Waals surface area contributed by atoms with Gasteiger partial charge in [0.1, 0.15) is 0 Å². The Bertz CT molecular complexity index is 337. The summed E-state index contributed by atoms with van der Waals surface area (Å²) in [4.78, 5) is 2.04. The molecule has 6 heteroatoms. The maximum Gasteiger partial charge on any atom is 0.245 e. The third kappa shape index (κ3) is 3.20. The first-order chi connectivity index (χ1) is 7.15. The lowest BCUT2D eigenvalue weighted by Gasteiger charge is -2.22. The van der Waals surface area contributed by atoms with Gasteiger partial charge in [-0.05, 0) is 16.3 Å². The van der Waals surface area contributed by atoms with E-state index in [0.29, 0.717) is 18.9 Å². The number of anilines is 1. The smallest absolute Gasteiger partial charge is 0.245 e. The van der Waals surface area contributed by atoms with Gasteiger partial charge in [0.25, 0.3) is 0 Å². The van der Waals surface area contributed by atoms with Crippen LogP contribution in [0.4, 0.5) is 5.95 Å². The second-order valence-corrected chi connectivity index (χ2v) is 3.85. The molecule has 0 spiro atoms. The molecule has 0 N–H and O–H groups in total. The van der Waals surface area contributed by atoms with Crippen LogP contribution in [0.25, 0.3) is 0 Å². The minimum atomic E-state index is 0.486. The first-order valence-electron chi connectivity index (χ1n) is 4.99. The summed E-state index contributed by atoms with van der Waals surface area (Å²) in [6.07, 6.45) is 0.486. The van der Waals surface area contributed by atoms with Crippen LogP contribution in [-0.2, 0) is 7.05 Å². The van der Waals surface area contributed by atoms with E-state index in [1.54, 1.807) is 11.7 Å². The number of nitrogens with zero attached hydrogens (tertiary/aromatic N) is 6. The Hall–Kier alpha value is -1.64. The Balaban J connectivity index is 2.72. The zero-order chi connectivity index (χ0) is 11.3. The zero-order valence-electron chi connectivity index (χ0n) is 9.38. The lowest BCUT2D eigenvalue weighted by molar-refractivity contribution is 0.588. The van der Waals surface area contributed by atoms with E-state index in [4.69, 9.17) is 5.26 Å². The highest BCUT2D eigenvalue weighted by Crippen LogP contribution is 2.10. The molecule has 0 aromatic carbocycles. The molecule has 0 aliphatic carbocycles. The summed E-state index contributed by atoms with van der Waals surface area (Å²) >= 11 is 0. The molecule has 82 valence electrons. The van der Waals surface area contributed by atoms with Crippen molar-refractivity contribution < 1.29 is 0 Å². The predicted octanol–water partition coefficient (Wildman–Crippen LogP) is 0.586. The van der Waals surface area contributed by atoms with E-state index in [1.807, 2.05) is 4.90 Å². The molecule has 1 heterocycles. The van der Waals surface area contributed by atoms with Crippen molar-refractivity contribution in [3.8, 4) is 6.07 Å². The third-order valence-electron chi connectivity index (χ3n) is 1.96. The zero-order valence-corrected chi connectivity index (χ0v) is 9.38. The fourth-order valence-electron chi connectivity index (χ4n) is 1.39. The van der Waals surface area contributed by atoms with Crippen LogP contribution in [0.1, 0.15) is 20.3 Å². The molecular weight excluding hydrogens is 192 g/mol. The van der Waals surface area contributed by atoms with Crippen molar-refractivity contribution in [2.75, 3.05) is 18.0 Å². The lowest BCUT2D eigenvalue weighted by Crippen LogP contribution is -2.31. The van der Waals surface area contributed by atoms with E-state index in [-0.39, 0.29) is 0 Å². The Morgan fingerprint density at radius 3 is 2.73 bits per heavy atom. The largest absolute Gasteiger partial charge is 0.338 e. The number of hydrogen-bond donors (Lipinski definition) is 0. The normalized spacial score (nSPS) is 10.3. The molecule has 6 nitrogen and oxygen atoms in total. The first-order valence-corrected chi connectivity index (χ1v) is 4.99. The van der Waals surface area contributed by atoms with Gasteiger partial charge in [-0.1, -0.05) is 18.9 Å². The number of aryl methyl sites for hydroxylation is 1. The molecule has 0 atom stereocenters. The van der Waals surface area contributed by atoms with Crippen molar-refractivity contribution in [3.63, 3.8) is 0 Å². The van der Waals surface area contributed by atoms with Crippen LogP contribution >= 0.6 is 0 Å². The number of hydrogen-bond acceptors (Lipinski definition) is 5. The standard InChI is InChI=1S/C9H16N6/c1-8(2)7-15(6-4-5-10)9-11-12-13-14(9)3/h8H,4,6-7H2,1-3H3. The van der Waals surface area contributed by atoms with Gasteiger partial charge in [-0.3, -0.25) is 0 Å². The fourth-order valence-corrected chi connectivity index (χ4v) is 1.39. The van der Waals surface area contributed by atoms with Crippen LogP contribution in [0.3, 0.4) is 0 Å². The fraction of sp³-hybridized carbons (Fsp3) is 0.778. The number of nitriles is 1. The molecule has 15 heavy (non-hydrogen) atoms. The minimum Gasteiger partial charge on any atom is -0.338 e. The summed E-state index contributed by atoms with van der Waals surface area (Å²) in [5.41, 5.74) is 0. The second kappa shape index (κ2) is 5.29. The molecule has 0 unspecified atom stereocenters. The Labute approximate surface area is 89.5 Å². The van der Waals surface area contributed by atoms with E-state index in [2.05, 4.69) is 35.4 Å². The number of tetrazole rings is 1. The first kappa shape index (κ1) is 11.4. The van der Waals surface area contributed by atoms with Crippen molar-refractivity contribution in [2.24, 2.45) is 13.0 Å². The van der Waals surface area contributed by atoms with Gasteiger partial charge in [-0.2, -0.15) is 5.26 Å². The van der Waals surface area contributed by atoms with Crippen molar-refractivity contribution >= 4 is 5.95 Å².